The van der Waals surface area contributed by atoms with E-state index in [0.29, 0.717) is 0 Å². The molecule has 0 aliphatic heterocycles. The van der Waals surface area contributed by atoms with Crippen molar-refractivity contribution >= 4 is 10.1 Å². The fraction of sp³-hybridized carbons (Fsp3) is 1.00. The largest absolute Gasteiger partial charge is 0.390 e. The molecule has 0 aromatic heterocycles. The standard InChI is InChI=1S/C8H16O4S/c1-7(2,9)8(4-5-8)6-12-13(3,10)11/h9H,4-6H2,1-3H3. The van der Waals surface area contributed by atoms with E-state index in [-0.39, 0.29) is 12.0 Å². The van der Waals surface area contributed by atoms with Crippen molar-refractivity contribution < 1.29 is 17.7 Å². The van der Waals surface area contributed by atoms with Crippen LogP contribution in [0.15, 0.2) is 0 Å². The van der Waals surface area contributed by atoms with Gasteiger partial charge < -0.3 is 5.11 Å². The van der Waals surface area contributed by atoms with E-state index in [0.717, 1.165) is 19.1 Å². The Morgan fingerprint density at radius 3 is 2.15 bits per heavy atom. The van der Waals surface area contributed by atoms with Crippen LogP contribution in [0.25, 0.3) is 0 Å². The van der Waals surface area contributed by atoms with E-state index in [2.05, 4.69) is 0 Å². The number of rotatable bonds is 4. The average molecular weight is 208 g/mol. The fourth-order valence-electron chi connectivity index (χ4n) is 1.30. The summed E-state index contributed by atoms with van der Waals surface area (Å²) in [5.41, 5.74) is -1.21. The Morgan fingerprint density at radius 1 is 1.46 bits per heavy atom. The molecule has 0 saturated heterocycles. The maximum Gasteiger partial charge on any atom is 0.264 e. The molecule has 1 aliphatic rings. The maximum atomic E-state index is 10.7. The van der Waals surface area contributed by atoms with Crippen molar-refractivity contribution in [2.75, 3.05) is 12.9 Å². The lowest BCUT2D eigenvalue weighted by Gasteiger charge is -2.28. The molecule has 0 bridgehead atoms. The second-order valence-electron chi connectivity index (χ2n) is 4.31. The molecule has 78 valence electrons. The topological polar surface area (TPSA) is 63.6 Å². The lowest BCUT2D eigenvalue weighted by atomic mass is 9.89. The summed E-state index contributed by atoms with van der Waals surface area (Å²) in [5, 5.41) is 9.73. The molecule has 1 saturated carbocycles. The molecular weight excluding hydrogens is 192 g/mol. The lowest BCUT2D eigenvalue weighted by Crippen LogP contribution is -2.36. The molecule has 4 nitrogen and oxygen atoms in total. The molecule has 1 aliphatic carbocycles. The minimum atomic E-state index is -3.39. The number of hydrogen-bond donors (Lipinski definition) is 1. The van der Waals surface area contributed by atoms with Crippen LogP contribution in [0.2, 0.25) is 0 Å². The van der Waals surface area contributed by atoms with Crippen LogP contribution in [0, 0.1) is 5.41 Å². The van der Waals surface area contributed by atoms with Gasteiger partial charge in [-0.2, -0.15) is 8.42 Å². The minimum Gasteiger partial charge on any atom is -0.390 e. The highest BCUT2D eigenvalue weighted by Crippen LogP contribution is 2.54. The molecule has 5 heteroatoms. The van der Waals surface area contributed by atoms with Crippen LogP contribution in [0.5, 0.6) is 0 Å². The summed E-state index contributed by atoms with van der Waals surface area (Å²) in [5.74, 6) is 0. The SMILES string of the molecule is CC(C)(O)C1(COS(C)(=O)=O)CC1. The maximum absolute atomic E-state index is 10.7. The first-order valence-electron chi connectivity index (χ1n) is 4.23. The highest BCUT2D eigenvalue weighted by molar-refractivity contribution is 7.85. The monoisotopic (exact) mass is 208 g/mol. The van der Waals surface area contributed by atoms with Crippen molar-refractivity contribution in [3.8, 4) is 0 Å². The average Bonchev–Trinajstić information content (AvgIpc) is 2.58. The van der Waals surface area contributed by atoms with Gasteiger partial charge >= 0.3 is 0 Å². The van der Waals surface area contributed by atoms with Crippen molar-refractivity contribution in [1.29, 1.82) is 0 Å². The van der Waals surface area contributed by atoms with Gasteiger partial charge in [-0.3, -0.25) is 4.18 Å². The smallest absolute Gasteiger partial charge is 0.264 e. The highest BCUT2D eigenvalue weighted by atomic mass is 32.2. The summed E-state index contributed by atoms with van der Waals surface area (Å²) >= 11 is 0. The van der Waals surface area contributed by atoms with E-state index in [9.17, 15) is 13.5 Å². The Labute approximate surface area is 79.0 Å². The third-order valence-electron chi connectivity index (χ3n) is 2.70. The van der Waals surface area contributed by atoms with E-state index >= 15 is 0 Å². The van der Waals surface area contributed by atoms with Crippen molar-refractivity contribution in [2.45, 2.75) is 32.3 Å². The molecule has 0 unspecified atom stereocenters. The van der Waals surface area contributed by atoms with E-state index in [1.54, 1.807) is 13.8 Å². The van der Waals surface area contributed by atoms with Crippen molar-refractivity contribution in [3.63, 3.8) is 0 Å². The third kappa shape index (κ3) is 2.65. The summed E-state index contributed by atoms with van der Waals surface area (Å²) < 4.78 is 26.2. The third-order valence-corrected chi connectivity index (χ3v) is 3.25. The van der Waals surface area contributed by atoms with Crippen LogP contribution in [-0.2, 0) is 14.3 Å². The van der Waals surface area contributed by atoms with Crippen molar-refractivity contribution in [3.05, 3.63) is 0 Å². The second kappa shape index (κ2) is 2.93. The summed E-state index contributed by atoms with van der Waals surface area (Å²) in [6.45, 7) is 3.46. The Kier molecular flexibility index (Phi) is 2.47. The minimum absolute atomic E-state index is 0.0926. The van der Waals surface area contributed by atoms with E-state index in [1.165, 1.54) is 0 Å². The van der Waals surface area contributed by atoms with Crippen molar-refractivity contribution in [1.82, 2.24) is 0 Å². The van der Waals surface area contributed by atoms with Gasteiger partial charge in [0.2, 0.25) is 0 Å². The Hall–Kier alpha value is -0.130. The lowest BCUT2D eigenvalue weighted by molar-refractivity contribution is -0.0180. The quantitative estimate of drug-likeness (QED) is 0.684. The molecule has 0 amide bonds. The van der Waals surface area contributed by atoms with E-state index < -0.39 is 15.7 Å². The zero-order chi connectivity index (χ0) is 10.3. The Morgan fingerprint density at radius 2 is 1.92 bits per heavy atom. The van der Waals surface area contributed by atoms with E-state index in [4.69, 9.17) is 4.18 Å². The van der Waals surface area contributed by atoms with Crippen molar-refractivity contribution in [2.24, 2.45) is 5.41 Å². The number of hydrogen-bond acceptors (Lipinski definition) is 4. The van der Waals surface area contributed by atoms with Gasteiger partial charge in [0.15, 0.2) is 0 Å². The first-order valence-corrected chi connectivity index (χ1v) is 6.05. The van der Waals surface area contributed by atoms with E-state index in [1.807, 2.05) is 0 Å². The summed E-state index contributed by atoms with van der Waals surface area (Å²) in [4.78, 5) is 0. The van der Waals surface area contributed by atoms with Crippen LogP contribution in [0.4, 0.5) is 0 Å². The predicted molar refractivity (Wildman–Crippen MR) is 48.8 cm³/mol. The summed E-state index contributed by atoms with van der Waals surface area (Å²) in [6, 6.07) is 0. The van der Waals surface area contributed by atoms with Crippen LogP contribution < -0.4 is 0 Å². The molecule has 0 spiro atoms. The van der Waals surface area contributed by atoms with Crippen LogP contribution in [0.1, 0.15) is 26.7 Å². The second-order valence-corrected chi connectivity index (χ2v) is 5.95. The Bertz CT molecular complexity index is 282. The van der Waals surface area contributed by atoms with Crippen LogP contribution >= 0.6 is 0 Å². The highest BCUT2D eigenvalue weighted by Gasteiger charge is 2.54. The molecule has 1 N–H and O–H groups in total. The first kappa shape index (κ1) is 10.9. The molecule has 0 radical (unpaired) electrons. The zero-order valence-corrected chi connectivity index (χ0v) is 9.02. The van der Waals surface area contributed by atoms with Gasteiger partial charge in [0.05, 0.1) is 18.5 Å². The first-order chi connectivity index (χ1) is 5.66. The zero-order valence-electron chi connectivity index (χ0n) is 8.20. The van der Waals surface area contributed by atoms with Gasteiger partial charge in [0, 0.05) is 5.41 Å². The molecule has 1 rings (SSSR count). The summed E-state index contributed by atoms with van der Waals surface area (Å²) in [6.07, 6.45) is 2.67. The fourth-order valence-corrected chi connectivity index (χ4v) is 1.74. The normalized spacial score (nSPS) is 21.5. The summed E-state index contributed by atoms with van der Waals surface area (Å²) in [7, 11) is -3.39. The van der Waals surface area contributed by atoms with Gasteiger partial charge in [0.25, 0.3) is 10.1 Å². The molecule has 13 heavy (non-hydrogen) atoms. The number of aliphatic hydroxyl groups is 1. The predicted octanol–water partition coefficient (Wildman–Crippen LogP) is 0.514. The van der Waals surface area contributed by atoms with Gasteiger partial charge in [0.1, 0.15) is 0 Å². The molecule has 0 aromatic carbocycles. The van der Waals surface area contributed by atoms with Gasteiger partial charge in [-0.05, 0) is 26.7 Å². The molecule has 1 fully saturated rings. The molecular formula is C8H16O4S. The van der Waals surface area contributed by atoms with Gasteiger partial charge in [-0.25, -0.2) is 0 Å². The Balaban J connectivity index is 2.56. The molecule has 0 heterocycles. The van der Waals surface area contributed by atoms with Gasteiger partial charge in [-0.1, -0.05) is 0 Å². The van der Waals surface area contributed by atoms with Crippen LogP contribution in [-0.4, -0.2) is 32.0 Å². The molecule has 0 atom stereocenters. The molecule has 0 aromatic rings. The van der Waals surface area contributed by atoms with Gasteiger partial charge in [-0.15, -0.1) is 0 Å². The van der Waals surface area contributed by atoms with Crippen LogP contribution in [0.3, 0.4) is 0 Å².